The number of anilines is 1. The molecule has 1 aliphatic heterocycles. The molecular weight excluding hydrogens is 471 g/mol. The Labute approximate surface area is 194 Å². The van der Waals surface area contributed by atoms with Crippen molar-refractivity contribution in [3.05, 3.63) is 87.2 Å². The molecule has 0 bridgehead atoms. The number of halogens is 3. The van der Waals surface area contributed by atoms with Gasteiger partial charge in [0.1, 0.15) is 11.5 Å². The summed E-state index contributed by atoms with van der Waals surface area (Å²) in [5.41, 5.74) is -1.89. The average Bonchev–Trinajstić information content (AvgIpc) is 3.39. The SMILES string of the molecule is Cc1ccc([N+](=O)[O-])cc1-c1ccc(C=C2C(=O)N(c3cccc(C(=O)O)c3)N=C2C(F)(F)F)o1. The number of aromatic carboxylic acids is 1. The molecule has 0 saturated carbocycles. The van der Waals surface area contributed by atoms with Crippen molar-refractivity contribution in [3.63, 3.8) is 0 Å². The van der Waals surface area contributed by atoms with E-state index in [1.165, 1.54) is 48.5 Å². The van der Waals surface area contributed by atoms with E-state index in [4.69, 9.17) is 9.52 Å². The molecule has 9 nitrogen and oxygen atoms in total. The first-order valence-electron chi connectivity index (χ1n) is 9.86. The number of benzene rings is 2. The summed E-state index contributed by atoms with van der Waals surface area (Å²) in [7, 11) is 0. The van der Waals surface area contributed by atoms with Crippen molar-refractivity contribution in [2.24, 2.45) is 5.10 Å². The third kappa shape index (κ3) is 4.53. The first-order chi connectivity index (χ1) is 16.5. The molecule has 0 atom stereocenters. The van der Waals surface area contributed by atoms with Crippen LogP contribution in [0.5, 0.6) is 0 Å². The molecule has 0 radical (unpaired) electrons. The molecule has 0 unspecified atom stereocenters. The molecule has 0 saturated heterocycles. The van der Waals surface area contributed by atoms with Crippen LogP contribution in [0.25, 0.3) is 17.4 Å². The Bertz CT molecular complexity index is 1440. The van der Waals surface area contributed by atoms with Crippen LogP contribution in [-0.2, 0) is 4.79 Å². The number of alkyl halides is 3. The molecular formula is C23H14F3N3O6. The van der Waals surface area contributed by atoms with Gasteiger partial charge in [-0.05, 0) is 48.9 Å². The molecule has 3 aromatic rings. The summed E-state index contributed by atoms with van der Waals surface area (Å²) in [6, 6.07) is 11.6. The number of non-ortho nitro benzene ring substituents is 1. The number of furan rings is 1. The third-order valence-electron chi connectivity index (χ3n) is 5.09. The van der Waals surface area contributed by atoms with E-state index in [1.54, 1.807) is 6.92 Å². The van der Waals surface area contributed by atoms with Crippen LogP contribution in [0.3, 0.4) is 0 Å². The van der Waals surface area contributed by atoms with Crippen molar-refractivity contribution in [3.8, 4) is 11.3 Å². The molecule has 178 valence electrons. The Morgan fingerprint density at radius 2 is 1.91 bits per heavy atom. The third-order valence-corrected chi connectivity index (χ3v) is 5.09. The first-order valence-corrected chi connectivity index (χ1v) is 9.86. The number of aryl methyl sites for hydroxylation is 1. The highest BCUT2D eigenvalue weighted by Crippen LogP contribution is 2.34. The Morgan fingerprint density at radius 1 is 1.17 bits per heavy atom. The standard InChI is InChI=1S/C23H14F3N3O6/c1-12-5-6-15(29(33)34)10-17(12)19-8-7-16(35-19)11-18-20(23(24,25)26)27-28(21(18)30)14-4-2-3-13(9-14)22(31)32/h2-11H,1H3,(H,31,32). The zero-order valence-corrected chi connectivity index (χ0v) is 17.7. The Hall–Kier alpha value is -4.74. The highest BCUT2D eigenvalue weighted by molar-refractivity contribution is 6.34. The topological polar surface area (TPSA) is 126 Å². The quantitative estimate of drug-likeness (QED) is 0.300. The number of hydrazone groups is 1. The minimum absolute atomic E-state index is 0.118. The van der Waals surface area contributed by atoms with Gasteiger partial charge in [0, 0.05) is 17.7 Å². The van der Waals surface area contributed by atoms with Crippen molar-refractivity contribution in [1.29, 1.82) is 0 Å². The van der Waals surface area contributed by atoms with Crippen LogP contribution in [-0.4, -0.2) is 33.8 Å². The number of carboxylic acid groups (broad SMARTS) is 1. The van der Waals surface area contributed by atoms with Gasteiger partial charge in [0.05, 0.1) is 21.7 Å². The van der Waals surface area contributed by atoms with Crippen LogP contribution in [0.1, 0.15) is 21.7 Å². The minimum atomic E-state index is -4.99. The predicted octanol–water partition coefficient (Wildman–Crippen LogP) is 5.21. The fraction of sp³-hybridized carbons (Fsp3) is 0.0870. The maximum atomic E-state index is 13.7. The van der Waals surface area contributed by atoms with Gasteiger partial charge in [-0.3, -0.25) is 14.9 Å². The number of carbonyl (C=O) groups is 2. The molecule has 1 aliphatic rings. The summed E-state index contributed by atoms with van der Waals surface area (Å²) in [4.78, 5) is 34.6. The largest absolute Gasteiger partial charge is 0.478 e. The molecule has 12 heteroatoms. The van der Waals surface area contributed by atoms with Gasteiger partial charge in [-0.1, -0.05) is 12.1 Å². The summed E-state index contributed by atoms with van der Waals surface area (Å²) >= 11 is 0. The van der Waals surface area contributed by atoms with Crippen LogP contribution in [0.4, 0.5) is 24.5 Å². The van der Waals surface area contributed by atoms with E-state index in [-0.39, 0.29) is 28.5 Å². The number of carbonyl (C=O) groups excluding carboxylic acids is 1. The summed E-state index contributed by atoms with van der Waals surface area (Å²) < 4.78 is 46.6. The summed E-state index contributed by atoms with van der Waals surface area (Å²) in [6.07, 6.45) is -4.13. The van der Waals surface area contributed by atoms with E-state index in [0.29, 0.717) is 16.1 Å². The molecule has 4 rings (SSSR count). The number of nitrogens with zero attached hydrogens (tertiary/aromatic N) is 3. The second-order valence-corrected chi connectivity index (χ2v) is 7.44. The molecule has 1 N–H and O–H groups in total. The maximum absolute atomic E-state index is 13.7. The Morgan fingerprint density at radius 3 is 2.57 bits per heavy atom. The van der Waals surface area contributed by atoms with Gasteiger partial charge in [0.25, 0.3) is 11.6 Å². The van der Waals surface area contributed by atoms with Gasteiger partial charge in [-0.2, -0.15) is 23.3 Å². The van der Waals surface area contributed by atoms with Crippen molar-refractivity contribution in [2.45, 2.75) is 13.1 Å². The van der Waals surface area contributed by atoms with E-state index in [0.717, 1.165) is 12.1 Å². The molecule has 0 spiro atoms. The van der Waals surface area contributed by atoms with Gasteiger partial charge in [-0.15, -0.1) is 0 Å². The summed E-state index contributed by atoms with van der Waals surface area (Å²) in [5, 5.41) is 24.1. The number of nitro groups is 1. The molecule has 35 heavy (non-hydrogen) atoms. The van der Waals surface area contributed by atoms with E-state index in [9.17, 15) is 32.9 Å². The predicted molar refractivity (Wildman–Crippen MR) is 118 cm³/mol. The molecule has 0 fully saturated rings. The van der Waals surface area contributed by atoms with Gasteiger partial charge in [0.15, 0.2) is 5.71 Å². The number of amides is 1. The van der Waals surface area contributed by atoms with Gasteiger partial charge in [-0.25, -0.2) is 4.79 Å². The number of carboxylic acids is 1. The second-order valence-electron chi connectivity index (χ2n) is 7.44. The fourth-order valence-corrected chi connectivity index (χ4v) is 3.41. The average molecular weight is 485 g/mol. The molecule has 1 aromatic heterocycles. The second kappa shape index (κ2) is 8.56. The van der Waals surface area contributed by atoms with Crippen LogP contribution >= 0.6 is 0 Å². The highest BCUT2D eigenvalue weighted by Gasteiger charge is 2.47. The molecule has 0 aliphatic carbocycles. The minimum Gasteiger partial charge on any atom is -0.478 e. The first kappa shape index (κ1) is 23.4. The lowest BCUT2D eigenvalue weighted by Gasteiger charge is -2.11. The van der Waals surface area contributed by atoms with E-state index in [1.807, 2.05) is 0 Å². The van der Waals surface area contributed by atoms with Crippen molar-refractivity contribution >= 4 is 35.0 Å². The van der Waals surface area contributed by atoms with E-state index >= 15 is 0 Å². The zero-order valence-electron chi connectivity index (χ0n) is 17.7. The monoisotopic (exact) mass is 485 g/mol. The smallest absolute Gasteiger partial charge is 0.435 e. The lowest BCUT2D eigenvalue weighted by Crippen LogP contribution is -2.25. The fourth-order valence-electron chi connectivity index (χ4n) is 3.41. The molecule has 1 amide bonds. The lowest BCUT2D eigenvalue weighted by atomic mass is 10.1. The van der Waals surface area contributed by atoms with E-state index < -0.39 is 34.3 Å². The summed E-state index contributed by atoms with van der Waals surface area (Å²) in [5.74, 6) is -2.43. The van der Waals surface area contributed by atoms with Gasteiger partial charge < -0.3 is 9.52 Å². The van der Waals surface area contributed by atoms with Crippen LogP contribution in [0.15, 0.2) is 69.7 Å². The number of hydrogen-bond donors (Lipinski definition) is 1. The van der Waals surface area contributed by atoms with Crippen LogP contribution in [0.2, 0.25) is 0 Å². The normalized spacial score (nSPS) is 15.0. The van der Waals surface area contributed by atoms with Crippen molar-refractivity contribution in [2.75, 3.05) is 5.01 Å². The number of rotatable bonds is 5. The molecule has 2 aromatic carbocycles. The lowest BCUT2D eigenvalue weighted by molar-refractivity contribution is -0.384. The Kier molecular flexibility index (Phi) is 5.73. The maximum Gasteiger partial charge on any atom is 0.435 e. The van der Waals surface area contributed by atoms with Crippen molar-refractivity contribution in [1.82, 2.24) is 0 Å². The number of hydrogen-bond acceptors (Lipinski definition) is 6. The van der Waals surface area contributed by atoms with E-state index in [2.05, 4.69) is 5.10 Å². The zero-order chi connectivity index (χ0) is 25.5. The highest BCUT2D eigenvalue weighted by atomic mass is 19.4. The van der Waals surface area contributed by atoms with Crippen LogP contribution < -0.4 is 5.01 Å². The molecule has 2 heterocycles. The van der Waals surface area contributed by atoms with Crippen molar-refractivity contribution < 1.29 is 37.2 Å². The van der Waals surface area contributed by atoms with Gasteiger partial charge in [0.2, 0.25) is 0 Å². The van der Waals surface area contributed by atoms with Crippen LogP contribution in [0, 0.1) is 17.0 Å². The summed E-state index contributed by atoms with van der Waals surface area (Å²) in [6.45, 7) is 1.68. The van der Waals surface area contributed by atoms with Gasteiger partial charge >= 0.3 is 12.1 Å². The number of nitro benzene ring substituents is 1. The Balaban J connectivity index is 1.74.